The third-order valence-electron chi connectivity index (χ3n) is 4.84. The van der Waals surface area contributed by atoms with E-state index in [1.807, 2.05) is 11.8 Å². The number of aliphatic imine (C=N–C) groups is 1. The van der Waals surface area contributed by atoms with Gasteiger partial charge in [0.05, 0.1) is 6.04 Å². The fraction of sp³-hybridized carbons (Fsp3) is 0.938. The number of hydrogen-bond acceptors (Lipinski definition) is 3. The third kappa shape index (κ3) is 4.14. The highest BCUT2D eigenvalue weighted by Crippen LogP contribution is 2.38. The lowest BCUT2D eigenvalue weighted by Gasteiger charge is -2.35. The van der Waals surface area contributed by atoms with Crippen molar-refractivity contribution in [2.45, 2.75) is 65.0 Å². The van der Waals surface area contributed by atoms with E-state index in [0.29, 0.717) is 11.6 Å². The van der Waals surface area contributed by atoms with E-state index in [1.165, 1.54) is 36.6 Å². The molecule has 0 bridgehead atoms. The van der Waals surface area contributed by atoms with Crippen LogP contribution in [0.4, 0.5) is 0 Å². The fourth-order valence-electron chi connectivity index (χ4n) is 3.26. The van der Waals surface area contributed by atoms with Gasteiger partial charge in [0.25, 0.3) is 0 Å². The van der Waals surface area contributed by atoms with E-state index >= 15 is 0 Å². The van der Waals surface area contributed by atoms with Crippen molar-refractivity contribution >= 4 is 16.9 Å². The second-order valence-corrected chi connectivity index (χ2v) is 7.61. The summed E-state index contributed by atoms with van der Waals surface area (Å²) in [6.07, 6.45) is 5.39. The number of nitrogens with zero attached hydrogens (tertiary/aromatic N) is 2. The number of thioether (sulfide) groups is 1. The maximum Gasteiger partial charge on any atom is 0.157 e. The van der Waals surface area contributed by atoms with Crippen molar-refractivity contribution < 1.29 is 0 Å². The molecule has 1 unspecified atom stereocenters. The molecule has 1 aliphatic heterocycles. The van der Waals surface area contributed by atoms with Crippen LogP contribution in [-0.2, 0) is 0 Å². The Kier molecular flexibility index (Phi) is 5.79. The van der Waals surface area contributed by atoms with Gasteiger partial charge in [0.1, 0.15) is 0 Å². The fourth-order valence-corrected chi connectivity index (χ4v) is 4.57. The maximum atomic E-state index is 4.91. The van der Waals surface area contributed by atoms with Gasteiger partial charge in [-0.2, -0.15) is 0 Å². The van der Waals surface area contributed by atoms with Gasteiger partial charge in [0.2, 0.25) is 0 Å². The number of hydrogen-bond donors (Lipinski definition) is 1. The molecule has 20 heavy (non-hydrogen) atoms. The summed E-state index contributed by atoms with van der Waals surface area (Å²) in [6, 6.07) is 0.391. The van der Waals surface area contributed by atoms with E-state index < -0.39 is 0 Å². The molecule has 1 N–H and O–H groups in total. The minimum absolute atomic E-state index is 0.366. The number of nitrogens with one attached hydrogen (secondary N) is 1. The Balaban J connectivity index is 1.86. The molecule has 1 atom stereocenters. The zero-order valence-corrected chi connectivity index (χ0v) is 14.4. The molecule has 4 heteroatoms. The Morgan fingerprint density at radius 2 is 2.00 bits per heavy atom. The van der Waals surface area contributed by atoms with Gasteiger partial charge in [-0.25, -0.2) is 0 Å². The molecular formula is C16H31N3S. The average molecular weight is 298 g/mol. The smallest absolute Gasteiger partial charge is 0.157 e. The van der Waals surface area contributed by atoms with Crippen LogP contribution in [0.2, 0.25) is 0 Å². The van der Waals surface area contributed by atoms with Crippen molar-refractivity contribution in [3.63, 3.8) is 0 Å². The Bertz CT molecular complexity index is 331. The van der Waals surface area contributed by atoms with E-state index in [0.717, 1.165) is 25.6 Å². The zero-order valence-electron chi connectivity index (χ0n) is 13.6. The Labute approximate surface area is 129 Å². The number of rotatable bonds is 5. The maximum absolute atomic E-state index is 4.91. The highest BCUT2D eigenvalue weighted by Gasteiger charge is 2.39. The van der Waals surface area contributed by atoms with Crippen LogP contribution in [0.5, 0.6) is 0 Å². The molecule has 1 saturated heterocycles. The minimum atomic E-state index is 0.366. The summed E-state index contributed by atoms with van der Waals surface area (Å²) in [6.45, 7) is 12.4. The van der Waals surface area contributed by atoms with E-state index in [4.69, 9.17) is 4.99 Å². The summed E-state index contributed by atoms with van der Waals surface area (Å²) >= 11 is 1.94. The first-order valence-electron chi connectivity index (χ1n) is 8.28. The topological polar surface area (TPSA) is 27.6 Å². The molecule has 0 radical (unpaired) electrons. The Morgan fingerprint density at radius 3 is 2.60 bits per heavy atom. The van der Waals surface area contributed by atoms with Crippen molar-refractivity contribution in [1.29, 1.82) is 0 Å². The van der Waals surface area contributed by atoms with Crippen LogP contribution in [-0.4, -0.2) is 47.0 Å². The van der Waals surface area contributed by atoms with Gasteiger partial charge >= 0.3 is 0 Å². The molecule has 2 rings (SSSR count). The second kappa shape index (κ2) is 7.17. The van der Waals surface area contributed by atoms with Crippen LogP contribution in [0, 0.1) is 5.92 Å². The first-order chi connectivity index (χ1) is 9.57. The van der Waals surface area contributed by atoms with Gasteiger partial charge in [-0.15, -0.1) is 0 Å². The molecule has 3 nitrogen and oxygen atoms in total. The van der Waals surface area contributed by atoms with Crippen molar-refractivity contribution in [3.8, 4) is 0 Å². The van der Waals surface area contributed by atoms with Crippen molar-refractivity contribution in [3.05, 3.63) is 0 Å². The molecule has 0 aromatic heterocycles. The minimum Gasteiger partial charge on any atom is -0.359 e. The highest BCUT2D eigenvalue weighted by molar-refractivity contribution is 8.14. The van der Waals surface area contributed by atoms with Gasteiger partial charge in [-0.3, -0.25) is 4.99 Å². The summed E-state index contributed by atoms with van der Waals surface area (Å²) in [4.78, 5) is 7.36. The summed E-state index contributed by atoms with van der Waals surface area (Å²) in [5.74, 6) is 2.13. The Hall–Kier alpha value is -0.220. The average Bonchev–Trinajstić information content (AvgIpc) is 2.83. The molecule has 1 aliphatic carbocycles. The van der Waals surface area contributed by atoms with Crippen molar-refractivity contribution in [2.24, 2.45) is 10.9 Å². The lowest BCUT2D eigenvalue weighted by molar-refractivity contribution is 0.250. The first-order valence-corrected chi connectivity index (χ1v) is 9.26. The zero-order chi connectivity index (χ0) is 14.6. The monoisotopic (exact) mass is 297 g/mol. The lowest BCUT2D eigenvalue weighted by Crippen LogP contribution is -2.46. The summed E-state index contributed by atoms with van der Waals surface area (Å²) in [7, 11) is 0. The summed E-state index contributed by atoms with van der Waals surface area (Å²) < 4.78 is 0. The van der Waals surface area contributed by atoms with Crippen LogP contribution in [0.3, 0.4) is 0 Å². The van der Waals surface area contributed by atoms with Crippen LogP contribution in [0.25, 0.3) is 0 Å². The molecule has 1 spiro atoms. The predicted octanol–water partition coefficient (Wildman–Crippen LogP) is 3.36. The van der Waals surface area contributed by atoms with E-state index in [1.54, 1.807) is 0 Å². The lowest BCUT2D eigenvalue weighted by atomic mass is 9.78. The molecule has 116 valence electrons. The van der Waals surface area contributed by atoms with Gasteiger partial charge in [0, 0.05) is 17.8 Å². The normalized spacial score (nSPS) is 33.9. The van der Waals surface area contributed by atoms with Gasteiger partial charge in [-0.1, -0.05) is 32.5 Å². The number of amidine groups is 1. The van der Waals surface area contributed by atoms with Crippen molar-refractivity contribution in [2.75, 3.05) is 25.4 Å². The second-order valence-electron chi connectivity index (χ2n) is 6.65. The van der Waals surface area contributed by atoms with E-state index in [-0.39, 0.29) is 0 Å². The molecule has 1 saturated carbocycles. The Morgan fingerprint density at radius 1 is 1.35 bits per heavy atom. The van der Waals surface area contributed by atoms with E-state index in [2.05, 4.69) is 37.9 Å². The van der Waals surface area contributed by atoms with Gasteiger partial charge < -0.3 is 10.2 Å². The molecular weight excluding hydrogens is 266 g/mol. The van der Waals surface area contributed by atoms with Crippen LogP contribution in [0.15, 0.2) is 4.99 Å². The molecule has 1 heterocycles. The SMILES string of the molecule is CCN(CC)CC(C)N=C1NC2(CCC(C)CC2)CS1. The quantitative estimate of drug-likeness (QED) is 0.843. The standard InChI is InChI=1S/C16H31N3S/c1-5-19(6-2)11-14(4)17-15-18-16(12-20-15)9-7-13(3)8-10-16/h13-14H,5-12H2,1-4H3,(H,17,18). The van der Waals surface area contributed by atoms with Crippen LogP contribution >= 0.6 is 11.8 Å². The third-order valence-corrected chi connectivity index (χ3v) is 6.02. The number of likely N-dealkylation sites (N-methyl/N-ethyl adjacent to an activating group) is 1. The molecule has 0 amide bonds. The summed E-state index contributed by atoms with van der Waals surface area (Å²) in [5.41, 5.74) is 0.366. The van der Waals surface area contributed by atoms with Crippen molar-refractivity contribution in [1.82, 2.24) is 10.2 Å². The predicted molar refractivity (Wildman–Crippen MR) is 90.6 cm³/mol. The van der Waals surface area contributed by atoms with Crippen LogP contribution < -0.4 is 5.32 Å². The molecule has 0 aromatic rings. The molecule has 2 aliphatic rings. The summed E-state index contributed by atoms with van der Waals surface area (Å²) in [5, 5.41) is 4.96. The van der Waals surface area contributed by atoms with E-state index in [9.17, 15) is 0 Å². The molecule has 2 fully saturated rings. The van der Waals surface area contributed by atoms with Crippen LogP contribution in [0.1, 0.15) is 53.4 Å². The largest absolute Gasteiger partial charge is 0.359 e. The highest BCUT2D eigenvalue weighted by atomic mass is 32.2. The molecule has 0 aromatic carbocycles. The van der Waals surface area contributed by atoms with Gasteiger partial charge in [-0.05, 0) is 51.6 Å². The van der Waals surface area contributed by atoms with Gasteiger partial charge in [0.15, 0.2) is 5.17 Å². The first kappa shape index (κ1) is 16.2.